The van der Waals surface area contributed by atoms with Crippen molar-refractivity contribution in [3.63, 3.8) is 0 Å². The Bertz CT molecular complexity index is 1010. The summed E-state index contributed by atoms with van der Waals surface area (Å²) in [5.74, 6) is -0.182. The quantitative estimate of drug-likeness (QED) is 0.551. The van der Waals surface area contributed by atoms with Gasteiger partial charge in [-0.3, -0.25) is 14.6 Å². The van der Waals surface area contributed by atoms with Crippen molar-refractivity contribution < 1.29 is 14.7 Å². The van der Waals surface area contributed by atoms with Gasteiger partial charge < -0.3 is 15.7 Å². The fourth-order valence-corrected chi connectivity index (χ4v) is 3.80. The van der Waals surface area contributed by atoms with Crippen LogP contribution in [0.15, 0.2) is 73.1 Å². The lowest BCUT2D eigenvalue weighted by Gasteiger charge is -2.12. The molecular formula is C26H29N3O3. The molecule has 4 rings (SSSR count). The Labute approximate surface area is 188 Å². The fraction of sp³-hybridized carbons (Fsp3) is 0.269. The Morgan fingerprint density at radius 2 is 1.53 bits per heavy atom. The van der Waals surface area contributed by atoms with E-state index in [0.717, 1.165) is 36.6 Å². The lowest BCUT2D eigenvalue weighted by Crippen LogP contribution is -2.32. The lowest BCUT2D eigenvalue weighted by molar-refractivity contribution is 0.0935. The summed E-state index contributed by atoms with van der Waals surface area (Å²) < 4.78 is 0. The molecule has 3 aromatic rings. The summed E-state index contributed by atoms with van der Waals surface area (Å²) >= 11 is 0. The average Bonchev–Trinajstić information content (AvgIpc) is 3.38. The molecule has 1 aliphatic rings. The molecule has 0 atom stereocenters. The average molecular weight is 432 g/mol. The Morgan fingerprint density at radius 3 is 2.22 bits per heavy atom. The Balaban J connectivity index is 0.00000141. The second kappa shape index (κ2) is 11.8. The molecule has 0 aliphatic heterocycles. The molecule has 0 radical (unpaired) electrons. The molecule has 6 heteroatoms. The second-order valence-corrected chi connectivity index (χ2v) is 7.65. The van der Waals surface area contributed by atoms with Crippen LogP contribution in [0.3, 0.4) is 0 Å². The first kappa shape index (κ1) is 23.2. The minimum atomic E-state index is -0.142. The molecule has 1 saturated carbocycles. The van der Waals surface area contributed by atoms with Crippen LogP contribution in [0, 0.1) is 0 Å². The maximum atomic E-state index is 12.5. The van der Waals surface area contributed by atoms with Gasteiger partial charge in [0.05, 0.1) is 0 Å². The SMILES string of the molecule is CO.O=C(NCc1cccc(C(=O)NC2CCCC2)c1)c1ccc(-c2ccncc2)cc1. The predicted octanol–water partition coefficient (Wildman–Crippen LogP) is 3.96. The van der Waals surface area contributed by atoms with Gasteiger partial charge in [0.15, 0.2) is 0 Å². The van der Waals surface area contributed by atoms with Crippen molar-refractivity contribution in [2.24, 2.45) is 0 Å². The zero-order chi connectivity index (χ0) is 22.8. The molecule has 2 aromatic carbocycles. The van der Waals surface area contributed by atoms with E-state index in [4.69, 9.17) is 5.11 Å². The molecule has 6 nitrogen and oxygen atoms in total. The van der Waals surface area contributed by atoms with Gasteiger partial charge in [-0.2, -0.15) is 0 Å². The van der Waals surface area contributed by atoms with E-state index in [0.29, 0.717) is 17.7 Å². The van der Waals surface area contributed by atoms with E-state index in [-0.39, 0.29) is 17.9 Å². The van der Waals surface area contributed by atoms with Gasteiger partial charge in [-0.05, 0) is 65.9 Å². The number of aliphatic hydroxyl groups is 1. The maximum Gasteiger partial charge on any atom is 0.251 e. The molecule has 0 unspecified atom stereocenters. The molecule has 1 aromatic heterocycles. The van der Waals surface area contributed by atoms with E-state index in [1.807, 2.05) is 60.7 Å². The molecule has 1 aliphatic carbocycles. The van der Waals surface area contributed by atoms with Gasteiger partial charge >= 0.3 is 0 Å². The normalized spacial score (nSPS) is 13.1. The summed E-state index contributed by atoms with van der Waals surface area (Å²) in [6.07, 6.45) is 7.97. The van der Waals surface area contributed by atoms with Crippen LogP contribution in [0.25, 0.3) is 11.1 Å². The maximum absolute atomic E-state index is 12.5. The van der Waals surface area contributed by atoms with Crippen LogP contribution in [-0.4, -0.2) is 35.1 Å². The minimum Gasteiger partial charge on any atom is -0.400 e. The van der Waals surface area contributed by atoms with E-state index in [2.05, 4.69) is 15.6 Å². The highest BCUT2D eigenvalue weighted by molar-refractivity contribution is 5.95. The number of amides is 2. The van der Waals surface area contributed by atoms with Crippen LogP contribution in [-0.2, 0) is 6.54 Å². The fourth-order valence-electron chi connectivity index (χ4n) is 3.80. The summed E-state index contributed by atoms with van der Waals surface area (Å²) in [5, 5.41) is 13.0. The smallest absolute Gasteiger partial charge is 0.251 e. The van der Waals surface area contributed by atoms with E-state index >= 15 is 0 Å². The third kappa shape index (κ3) is 6.25. The van der Waals surface area contributed by atoms with Crippen molar-refractivity contribution >= 4 is 11.8 Å². The van der Waals surface area contributed by atoms with Crippen molar-refractivity contribution in [3.05, 3.63) is 89.7 Å². The number of hydrogen-bond donors (Lipinski definition) is 3. The third-order valence-electron chi connectivity index (χ3n) is 5.49. The zero-order valence-corrected chi connectivity index (χ0v) is 18.3. The van der Waals surface area contributed by atoms with Crippen molar-refractivity contribution in [2.75, 3.05) is 7.11 Å². The van der Waals surface area contributed by atoms with Crippen molar-refractivity contribution in [3.8, 4) is 11.1 Å². The van der Waals surface area contributed by atoms with Gasteiger partial charge in [-0.25, -0.2) is 0 Å². The standard InChI is InChI=1S/C25H25N3O2.CH4O/c29-24(21-10-8-19(9-11-21)20-12-14-26-15-13-20)27-17-18-4-3-5-22(16-18)25(30)28-23-6-1-2-7-23;1-2/h3-5,8-16,23H,1-2,6-7,17H2,(H,27,29)(H,28,30);2H,1H3. The van der Waals surface area contributed by atoms with E-state index in [1.54, 1.807) is 12.4 Å². The molecular weight excluding hydrogens is 402 g/mol. The number of rotatable bonds is 6. The number of nitrogens with zero attached hydrogens (tertiary/aromatic N) is 1. The van der Waals surface area contributed by atoms with Gasteiger partial charge in [0, 0.05) is 43.2 Å². The number of aliphatic hydroxyl groups excluding tert-OH is 1. The highest BCUT2D eigenvalue weighted by Crippen LogP contribution is 2.19. The van der Waals surface area contributed by atoms with Gasteiger partial charge in [-0.1, -0.05) is 37.1 Å². The van der Waals surface area contributed by atoms with Gasteiger partial charge in [0.1, 0.15) is 0 Å². The molecule has 1 heterocycles. The third-order valence-corrected chi connectivity index (χ3v) is 5.49. The molecule has 3 N–H and O–H groups in total. The van der Waals surface area contributed by atoms with E-state index in [1.165, 1.54) is 12.8 Å². The lowest BCUT2D eigenvalue weighted by atomic mass is 10.0. The molecule has 32 heavy (non-hydrogen) atoms. The first-order valence-corrected chi connectivity index (χ1v) is 10.8. The first-order valence-electron chi connectivity index (χ1n) is 10.8. The molecule has 166 valence electrons. The number of nitrogens with one attached hydrogen (secondary N) is 2. The number of carbonyl (C=O) groups is 2. The number of aromatic nitrogens is 1. The second-order valence-electron chi connectivity index (χ2n) is 7.65. The van der Waals surface area contributed by atoms with Crippen LogP contribution in [0.4, 0.5) is 0 Å². The minimum absolute atomic E-state index is 0.0400. The molecule has 0 saturated heterocycles. The largest absolute Gasteiger partial charge is 0.400 e. The van der Waals surface area contributed by atoms with Crippen LogP contribution in [0.1, 0.15) is 52.0 Å². The summed E-state index contributed by atoms with van der Waals surface area (Å²) in [7, 11) is 1.00. The molecule has 0 spiro atoms. The summed E-state index contributed by atoms with van der Waals surface area (Å²) in [5.41, 5.74) is 4.23. The van der Waals surface area contributed by atoms with Crippen LogP contribution < -0.4 is 10.6 Å². The molecule has 0 bridgehead atoms. The monoisotopic (exact) mass is 431 g/mol. The van der Waals surface area contributed by atoms with Crippen LogP contribution >= 0.6 is 0 Å². The van der Waals surface area contributed by atoms with Gasteiger partial charge in [0.25, 0.3) is 11.8 Å². The van der Waals surface area contributed by atoms with Crippen LogP contribution in [0.2, 0.25) is 0 Å². The van der Waals surface area contributed by atoms with Crippen LogP contribution in [0.5, 0.6) is 0 Å². The summed E-state index contributed by atoms with van der Waals surface area (Å²) in [6, 6.07) is 19.1. The highest BCUT2D eigenvalue weighted by Gasteiger charge is 2.18. The van der Waals surface area contributed by atoms with E-state index < -0.39 is 0 Å². The first-order chi connectivity index (χ1) is 15.7. The Hall–Kier alpha value is -3.51. The molecule has 2 amide bonds. The summed E-state index contributed by atoms with van der Waals surface area (Å²) in [6.45, 7) is 0.371. The van der Waals surface area contributed by atoms with Crippen molar-refractivity contribution in [1.29, 1.82) is 0 Å². The van der Waals surface area contributed by atoms with Crippen molar-refractivity contribution in [1.82, 2.24) is 15.6 Å². The number of hydrogen-bond acceptors (Lipinski definition) is 4. The zero-order valence-electron chi connectivity index (χ0n) is 18.3. The van der Waals surface area contributed by atoms with Gasteiger partial charge in [0.2, 0.25) is 0 Å². The molecule has 1 fully saturated rings. The van der Waals surface area contributed by atoms with Gasteiger partial charge in [-0.15, -0.1) is 0 Å². The van der Waals surface area contributed by atoms with Crippen molar-refractivity contribution in [2.45, 2.75) is 38.3 Å². The Morgan fingerprint density at radius 1 is 0.875 bits per heavy atom. The predicted molar refractivity (Wildman–Crippen MR) is 125 cm³/mol. The summed E-state index contributed by atoms with van der Waals surface area (Å²) in [4.78, 5) is 29.0. The Kier molecular flexibility index (Phi) is 8.52. The van der Waals surface area contributed by atoms with E-state index in [9.17, 15) is 9.59 Å². The number of benzene rings is 2. The number of pyridine rings is 1. The topological polar surface area (TPSA) is 91.3 Å². The highest BCUT2D eigenvalue weighted by atomic mass is 16.2. The number of carbonyl (C=O) groups excluding carboxylic acids is 2.